The van der Waals surface area contributed by atoms with Gasteiger partial charge in [0.2, 0.25) is 10.0 Å². The monoisotopic (exact) mass is 319 g/mol. The lowest BCUT2D eigenvalue weighted by atomic mass is 9.65. The molecule has 1 aromatic heterocycles. The van der Waals surface area contributed by atoms with Crippen LogP contribution in [-0.2, 0) is 21.4 Å². The van der Waals surface area contributed by atoms with Crippen LogP contribution in [0.1, 0.15) is 30.7 Å². The van der Waals surface area contributed by atoms with Crippen molar-refractivity contribution in [2.24, 2.45) is 5.41 Å². The second-order valence-electron chi connectivity index (χ2n) is 5.78. The molecule has 0 saturated heterocycles. The first-order valence-electron chi connectivity index (χ1n) is 6.47. The summed E-state index contributed by atoms with van der Waals surface area (Å²) in [6.07, 6.45) is 0.733. The molecule has 0 aromatic carbocycles. The van der Waals surface area contributed by atoms with Crippen LogP contribution in [0.25, 0.3) is 0 Å². The molecular formula is C13H21NO4S2. The summed E-state index contributed by atoms with van der Waals surface area (Å²) in [6, 6.07) is -0.150. The van der Waals surface area contributed by atoms with E-state index in [-0.39, 0.29) is 29.1 Å². The van der Waals surface area contributed by atoms with E-state index in [9.17, 15) is 13.5 Å². The fraction of sp³-hybridized carbons (Fsp3) is 0.692. The number of hydrogen-bond donors (Lipinski definition) is 2. The Morgan fingerprint density at radius 1 is 1.55 bits per heavy atom. The Labute approximate surface area is 124 Å². The lowest BCUT2D eigenvalue weighted by molar-refractivity contribution is -0.0908. The van der Waals surface area contributed by atoms with Crippen molar-refractivity contribution >= 4 is 21.4 Å². The van der Waals surface area contributed by atoms with Crippen LogP contribution in [-0.4, -0.2) is 32.8 Å². The number of aryl methyl sites for hydroxylation is 1. The molecule has 0 amide bonds. The molecule has 1 aliphatic rings. The maximum Gasteiger partial charge on any atom is 0.242 e. The normalized spacial score (nSPS) is 25.4. The van der Waals surface area contributed by atoms with Gasteiger partial charge in [0.15, 0.2) is 0 Å². The number of aliphatic hydroxyl groups is 1. The largest absolute Gasteiger partial charge is 0.391 e. The molecule has 0 bridgehead atoms. The predicted molar refractivity (Wildman–Crippen MR) is 78.3 cm³/mol. The average Bonchev–Trinajstić information content (AvgIpc) is 2.76. The van der Waals surface area contributed by atoms with Crippen molar-refractivity contribution in [3.05, 3.63) is 15.8 Å². The third-order valence-electron chi connectivity index (χ3n) is 4.16. The summed E-state index contributed by atoms with van der Waals surface area (Å²) in [5, 5.41) is 11.0. The molecule has 1 aromatic rings. The number of ether oxygens (including phenoxy) is 1. The minimum absolute atomic E-state index is 0.0658. The van der Waals surface area contributed by atoms with Crippen LogP contribution in [0, 0.1) is 12.3 Å². The summed E-state index contributed by atoms with van der Waals surface area (Å²) in [7, 11) is -1.97. The Bertz CT molecular complexity index is 592. The van der Waals surface area contributed by atoms with Crippen molar-refractivity contribution in [3.8, 4) is 0 Å². The minimum atomic E-state index is -3.61. The lowest BCUT2D eigenvalue weighted by Crippen LogP contribution is -2.61. The van der Waals surface area contributed by atoms with Gasteiger partial charge in [-0.1, -0.05) is 13.8 Å². The van der Waals surface area contributed by atoms with Gasteiger partial charge < -0.3 is 9.84 Å². The van der Waals surface area contributed by atoms with E-state index in [0.717, 1.165) is 0 Å². The van der Waals surface area contributed by atoms with E-state index in [1.807, 2.05) is 13.8 Å². The van der Waals surface area contributed by atoms with Gasteiger partial charge in [0.05, 0.1) is 17.6 Å². The van der Waals surface area contributed by atoms with Crippen molar-refractivity contribution in [1.82, 2.24) is 4.72 Å². The van der Waals surface area contributed by atoms with Gasteiger partial charge in [-0.2, -0.15) is 0 Å². The first-order valence-corrected chi connectivity index (χ1v) is 8.83. The lowest BCUT2D eigenvalue weighted by Gasteiger charge is -2.50. The zero-order valence-electron chi connectivity index (χ0n) is 12.1. The Morgan fingerprint density at radius 2 is 2.20 bits per heavy atom. The molecule has 0 radical (unpaired) electrons. The molecule has 5 nitrogen and oxygen atoms in total. The summed E-state index contributed by atoms with van der Waals surface area (Å²) >= 11 is 1.27. The highest BCUT2D eigenvalue weighted by molar-refractivity contribution is 7.89. The smallest absolute Gasteiger partial charge is 0.242 e. The standard InChI is InChI=1S/C13H21NO4S2/c1-8-7-19-9(6-15)12(8)20(16,17)14-10-5-11(18-4)13(10,2)3/h7,10-11,14-15H,5-6H2,1-4H3. The molecule has 7 heteroatoms. The highest BCUT2D eigenvalue weighted by Crippen LogP contribution is 2.43. The maximum absolute atomic E-state index is 12.5. The van der Waals surface area contributed by atoms with E-state index in [2.05, 4.69) is 4.72 Å². The Hall–Kier alpha value is -0.470. The number of nitrogens with one attached hydrogen (secondary N) is 1. The topological polar surface area (TPSA) is 75.6 Å². The quantitative estimate of drug-likeness (QED) is 0.865. The van der Waals surface area contributed by atoms with Crippen LogP contribution in [0.5, 0.6) is 0 Å². The summed E-state index contributed by atoms with van der Waals surface area (Å²) in [5.74, 6) is 0. The SMILES string of the molecule is COC1CC(NS(=O)(=O)c2c(C)csc2CO)C1(C)C. The summed E-state index contributed by atoms with van der Waals surface area (Å²) in [6.45, 7) is 5.47. The second-order valence-corrected chi connectivity index (χ2v) is 8.40. The molecule has 0 aliphatic heterocycles. The van der Waals surface area contributed by atoms with Crippen LogP contribution in [0.4, 0.5) is 0 Å². The van der Waals surface area contributed by atoms with Crippen molar-refractivity contribution in [2.75, 3.05) is 7.11 Å². The van der Waals surface area contributed by atoms with Gasteiger partial charge in [-0.25, -0.2) is 13.1 Å². The molecule has 2 N–H and O–H groups in total. The van der Waals surface area contributed by atoms with Gasteiger partial charge in [0.25, 0.3) is 0 Å². The summed E-state index contributed by atoms with van der Waals surface area (Å²) in [4.78, 5) is 0.706. The fourth-order valence-corrected chi connectivity index (χ4v) is 5.76. The van der Waals surface area contributed by atoms with Crippen LogP contribution in [0.3, 0.4) is 0 Å². The molecule has 2 atom stereocenters. The molecule has 1 aliphatic carbocycles. The second kappa shape index (κ2) is 5.38. The Balaban J connectivity index is 2.23. The van der Waals surface area contributed by atoms with Gasteiger partial charge in [0.1, 0.15) is 4.90 Å². The third-order valence-corrected chi connectivity index (χ3v) is 7.08. The van der Waals surface area contributed by atoms with Crippen LogP contribution >= 0.6 is 11.3 Å². The Morgan fingerprint density at radius 3 is 2.70 bits per heavy atom. The first-order chi connectivity index (χ1) is 9.24. The van der Waals surface area contributed by atoms with Gasteiger partial charge >= 0.3 is 0 Å². The van der Waals surface area contributed by atoms with Crippen molar-refractivity contribution in [2.45, 2.75) is 50.8 Å². The molecule has 114 valence electrons. The number of hydrogen-bond acceptors (Lipinski definition) is 5. The van der Waals surface area contributed by atoms with E-state index in [4.69, 9.17) is 4.74 Å². The third kappa shape index (κ3) is 2.53. The molecule has 20 heavy (non-hydrogen) atoms. The van der Waals surface area contributed by atoms with Gasteiger partial charge in [-0.3, -0.25) is 0 Å². The average molecular weight is 319 g/mol. The van der Waals surface area contributed by atoms with Crippen molar-refractivity contribution in [1.29, 1.82) is 0 Å². The molecule has 1 fully saturated rings. The van der Waals surface area contributed by atoms with E-state index in [1.165, 1.54) is 11.3 Å². The molecule has 1 saturated carbocycles. The van der Waals surface area contributed by atoms with E-state index >= 15 is 0 Å². The van der Waals surface area contributed by atoms with Gasteiger partial charge in [0, 0.05) is 18.6 Å². The molecule has 2 unspecified atom stereocenters. The highest BCUT2D eigenvalue weighted by atomic mass is 32.2. The molecule has 1 heterocycles. The van der Waals surface area contributed by atoms with E-state index < -0.39 is 10.0 Å². The first kappa shape index (κ1) is 15.9. The number of thiophene rings is 1. The van der Waals surface area contributed by atoms with E-state index in [1.54, 1.807) is 19.4 Å². The van der Waals surface area contributed by atoms with Crippen LogP contribution in [0.2, 0.25) is 0 Å². The summed E-state index contributed by atoms with van der Waals surface area (Å²) in [5.41, 5.74) is 0.442. The maximum atomic E-state index is 12.5. The predicted octanol–water partition coefficient (Wildman–Crippen LogP) is 1.64. The van der Waals surface area contributed by atoms with Crippen LogP contribution < -0.4 is 4.72 Å². The van der Waals surface area contributed by atoms with Crippen molar-refractivity contribution in [3.63, 3.8) is 0 Å². The minimum Gasteiger partial charge on any atom is -0.391 e. The molecular weight excluding hydrogens is 298 g/mol. The number of sulfonamides is 1. The van der Waals surface area contributed by atoms with E-state index in [0.29, 0.717) is 16.9 Å². The van der Waals surface area contributed by atoms with Crippen LogP contribution in [0.15, 0.2) is 10.3 Å². The molecule has 2 rings (SSSR count). The highest BCUT2D eigenvalue weighted by Gasteiger charge is 2.50. The number of rotatable bonds is 5. The number of methoxy groups -OCH3 is 1. The summed E-state index contributed by atoms with van der Waals surface area (Å²) < 4.78 is 33.1. The zero-order chi connectivity index (χ0) is 15.1. The zero-order valence-corrected chi connectivity index (χ0v) is 13.8. The Kier molecular flexibility index (Phi) is 4.28. The number of aliphatic hydroxyl groups excluding tert-OH is 1. The fourth-order valence-electron chi connectivity index (χ4n) is 2.69. The van der Waals surface area contributed by atoms with Gasteiger partial charge in [-0.05, 0) is 24.3 Å². The van der Waals surface area contributed by atoms with Crippen molar-refractivity contribution < 1.29 is 18.3 Å². The molecule has 0 spiro atoms. The van der Waals surface area contributed by atoms with Gasteiger partial charge in [-0.15, -0.1) is 11.3 Å².